The van der Waals surface area contributed by atoms with Crippen molar-refractivity contribution in [3.05, 3.63) is 36.2 Å². The van der Waals surface area contributed by atoms with Crippen LogP contribution in [0, 0.1) is 0 Å². The van der Waals surface area contributed by atoms with Crippen LogP contribution in [0.2, 0.25) is 0 Å². The Balaban J connectivity index is 1.69. The number of nitrogens with zero attached hydrogens (tertiary/aromatic N) is 2. The van der Waals surface area contributed by atoms with Gasteiger partial charge >= 0.3 is 0 Å². The van der Waals surface area contributed by atoms with E-state index in [1.807, 2.05) is 17.8 Å². The topological polar surface area (TPSA) is 25.8 Å². The Morgan fingerprint density at radius 2 is 1.88 bits per heavy atom. The Bertz CT molecular complexity index is 442. The highest BCUT2D eigenvalue weighted by atomic mass is 32.2. The molecular weight excluding hydrogens is 268 g/mol. The van der Waals surface area contributed by atoms with E-state index >= 15 is 0 Å². The first-order valence-electron chi connectivity index (χ1n) is 5.51. The number of aromatic nitrogens is 2. The average Bonchev–Trinajstić information content (AvgIpc) is 2.84. The van der Waals surface area contributed by atoms with Gasteiger partial charge < -0.3 is 0 Å². The van der Waals surface area contributed by atoms with E-state index in [4.69, 9.17) is 0 Å². The van der Waals surface area contributed by atoms with Crippen molar-refractivity contribution in [2.24, 2.45) is 0 Å². The van der Waals surface area contributed by atoms with Crippen molar-refractivity contribution in [3.63, 3.8) is 0 Å². The summed E-state index contributed by atoms with van der Waals surface area (Å²) in [6, 6.07) is 10.5. The molecule has 0 amide bonds. The summed E-state index contributed by atoms with van der Waals surface area (Å²) >= 11 is 5.20. The first-order chi connectivity index (χ1) is 8.38. The minimum absolute atomic E-state index is 0.926. The third-order valence-electron chi connectivity index (χ3n) is 2.09. The lowest BCUT2D eigenvalue weighted by Crippen LogP contribution is -1.85. The summed E-state index contributed by atoms with van der Waals surface area (Å²) in [4.78, 5) is 5.77. The summed E-state index contributed by atoms with van der Waals surface area (Å²) in [5.41, 5.74) is 0. The zero-order chi connectivity index (χ0) is 11.9. The zero-order valence-electron chi connectivity index (χ0n) is 9.63. The van der Waals surface area contributed by atoms with E-state index in [0.29, 0.717) is 0 Å². The highest BCUT2D eigenvalue weighted by Crippen LogP contribution is 2.24. The number of aryl methyl sites for hydroxylation is 1. The molecule has 1 aromatic carbocycles. The minimum Gasteiger partial charge on any atom is -0.213 e. The normalized spacial score (nSPS) is 10.6. The maximum Gasteiger partial charge on any atom is 0.170 e. The molecule has 0 radical (unpaired) electrons. The van der Waals surface area contributed by atoms with E-state index in [9.17, 15) is 0 Å². The molecule has 0 aliphatic carbocycles. The third kappa shape index (κ3) is 4.33. The molecule has 1 aromatic heterocycles. The van der Waals surface area contributed by atoms with Gasteiger partial charge in [0.05, 0.1) is 0 Å². The Morgan fingerprint density at radius 1 is 1.12 bits per heavy atom. The predicted molar refractivity (Wildman–Crippen MR) is 77.2 cm³/mol. The quantitative estimate of drug-likeness (QED) is 0.591. The Morgan fingerprint density at radius 3 is 2.59 bits per heavy atom. The summed E-state index contributed by atoms with van der Waals surface area (Å²) in [6.07, 6.45) is 0.926. The lowest BCUT2D eigenvalue weighted by atomic mass is 10.4. The molecule has 90 valence electrons. The molecule has 17 heavy (non-hydrogen) atoms. The Hall–Kier alpha value is -0.520. The van der Waals surface area contributed by atoms with E-state index in [1.165, 1.54) is 16.4 Å². The second-order valence-electron chi connectivity index (χ2n) is 3.34. The number of hydrogen-bond acceptors (Lipinski definition) is 5. The van der Waals surface area contributed by atoms with E-state index in [1.54, 1.807) is 11.8 Å². The number of rotatable bonds is 6. The maximum atomic E-state index is 4.43. The fourth-order valence-corrected chi connectivity index (χ4v) is 3.91. The van der Waals surface area contributed by atoms with Crippen LogP contribution >= 0.6 is 35.1 Å². The number of thioether (sulfide) groups is 2. The third-order valence-corrected chi connectivity index (χ3v) is 5.23. The van der Waals surface area contributed by atoms with Crippen molar-refractivity contribution >= 4 is 35.1 Å². The summed E-state index contributed by atoms with van der Waals surface area (Å²) in [5.74, 6) is 3.15. The number of hydrogen-bond donors (Lipinski definition) is 0. The number of benzene rings is 1. The van der Waals surface area contributed by atoms with Gasteiger partial charge in [-0.2, -0.15) is 4.37 Å². The van der Waals surface area contributed by atoms with Crippen LogP contribution in [0.3, 0.4) is 0 Å². The lowest BCUT2D eigenvalue weighted by Gasteiger charge is -1.99. The van der Waals surface area contributed by atoms with E-state index in [2.05, 4.69) is 40.5 Å². The van der Waals surface area contributed by atoms with Gasteiger partial charge in [0.1, 0.15) is 5.82 Å². The van der Waals surface area contributed by atoms with Crippen molar-refractivity contribution < 1.29 is 0 Å². The highest BCUT2D eigenvalue weighted by Gasteiger charge is 2.02. The summed E-state index contributed by atoms with van der Waals surface area (Å²) in [5, 5.41) is 0. The van der Waals surface area contributed by atoms with Gasteiger partial charge in [0, 0.05) is 22.8 Å². The molecule has 2 rings (SSSR count). The summed E-state index contributed by atoms with van der Waals surface area (Å²) < 4.78 is 5.37. The molecule has 0 N–H and O–H groups in total. The Labute approximate surface area is 114 Å². The molecule has 0 unspecified atom stereocenters. The molecule has 0 atom stereocenters. The van der Waals surface area contributed by atoms with Gasteiger partial charge in [-0.15, -0.1) is 11.8 Å². The molecule has 0 spiro atoms. The molecular formula is C12H14N2S3. The molecule has 5 heteroatoms. The van der Waals surface area contributed by atoms with Crippen LogP contribution in [-0.2, 0) is 6.42 Å². The molecule has 2 aromatic rings. The van der Waals surface area contributed by atoms with Gasteiger partial charge in [0.2, 0.25) is 0 Å². The highest BCUT2D eigenvalue weighted by molar-refractivity contribution is 8.03. The molecule has 0 bridgehead atoms. The SMILES string of the molecule is CCc1nsc(SCCSc2ccccc2)n1. The standard InChI is InChI=1S/C12H14N2S3/c1-2-11-13-12(17-14-11)16-9-8-15-10-6-4-3-5-7-10/h3-7H,2,8-9H2,1H3. The van der Waals surface area contributed by atoms with Crippen LogP contribution in [0.25, 0.3) is 0 Å². The van der Waals surface area contributed by atoms with Crippen molar-refractivity contribution in [2.75, 3.05) is 11.5 Å². The molecule has 0 aliphatic heterocycles. The monoisotopic (exact) mass is 282 g/mol. The fraction of sp³-hybridized carbons (Fsp3) is 0.333. The van der Waals surface area contributed by atoms with Gasteiger partial charge in [-0.05, 0) is 23.7 Å². The molecule has 0 aliphatic rings. The summed E-state index contributed by atoms with van der Waals surface area (Å²) in [7, 11) is 0. The van der Waals surface area contributed by atoms with E-state index in [-0.39, 0.29) is 0 Å². The van der Waals surface area contributed by atoms with E-state index in [0.717, 1.165) is 28.1 Å². The van der Waals surface area contributed by atoms with Crippen LogP contribution < -0.4 is 0 Å². The average molecular weight is 282 g/mol. The van der Waals surface area contributed by atoms with Gasteiger partial charge in [0.15, 0.2) is 4.34 Å². The first-order valence-corrected chi connectivity index (χ1v) is 8.26. The lowest BCUT2D eigenvalue weighted by molar-refractivity contribution is 0.972. The summed E-state index contributed by atoms with van der Waals surface area (Å²) in [6.45, 7) is 2.09. The van der Waals surface area contributed by atoms with Crippen molar-refractivity contribution in [1.82, 2.24) is 9.36 Å². The Kier molecular flexibility index (Phi) is 5.35. The second-order valence-corrected chi connectivity index (χ2v) is 6.60. The molecule has 0 saturated heterocycles. The van der Waals surface area contributed by atoms with Crippen molar-refractivity contribution in [1.29, 1.82) is 0 Å². The molecule has 0 saturated carbocycles. The van der Waals surface area contributed by atoms with E-state index < -0.39 is 0 Å². The van der Waals surface area contributed by atoms with Gasteiger partial charge in [-0.1, -0.05) is 36.9 Å². The van der Waals surface area contributed by atoms with Gasteiger partial charge in [-0.3, -0.25) is 0 Å². The van der Waals surface area contributed by atoms with Gasteiger partial charge in [-0.25, -0.2) is 4.98 Å². The second kappa shape index (κ2) is 7.03. The maximum absolute atomic E-state index is 4.43. The van der Waals surface area contributed by atoms with Crippen molar-refractivity contribution in [2.45, 2.75) is 22.6 Å². The fourth-order valence-electron chi connectivity index (χ4n) is 1.25. The molecule has 0 fully saturated rings. The van der Waals surface area contributed by atoms with Crippen LogP contribution in [0.4, 0.5) is 0 Å². The van der Waals surface area contributed by atoms with Crippen LogP contribution in [-0.4, -0.2) is 20.9 Å². The van der Waals surface area contributed by atoms with Crippen molar-refractivity contribution in [3.8, 4) is 0 Å². The predicted octanol–water partition coefficient (Wildman–Crippen LogP) is 3.98. The van der Waals surface area contributed by atoms with Gasteiger partial charge in [0.25, 0.3) is 0 Å². The van der Waals surface area contributed by atoms with Crippen LogP contribution in [0.5, 0.6) is 0 Å². The molecule has 2 nitrogen and oxygen atoms in total. The van der Waals surface area contributed by atoms with Crippen LogP contribution in [0.1, 0.15) is 12.7 Å². The first kappa shape index (κ1) is 12.9. The smallest absolute Gasteiger partial charge is 0.170 e. The minimum atomic E-state index is 0.926. The zero-order valence-corrected chi connectivity index (χ0v) is 12.1. The van der Waals surface area contributed by atoms with Crippen LogP contribution in [0.15, 0.2) is 39.6 Å². The molecule has 1 heterocycles. The largest absolute Gasteiger partial charge is 0.213 e.